The largest absolute Gasteiger partial charge is 0.485 e. The maximum atomic E-state index is 13.4. The van der Waals surface area contributed by atoms with Crippen molar-refractivity contribution < 1.29 is 27.8 Å². The van der Waals surface area contributed by atoms with Gasteiger partial charge in [-0.05, 0) is 25.3 Å². The maximum Gasteiger partial charge on any atom is 0.425 e. The topological polar surface area (TPSA) is 73.6 Å². The summed E-state index contributed by atoms with van der Waals surface area (Å²) in [4.78, 5) is 12.2. The second-order valence-electron chi connectivity index (χ2n) is 7.69. The Hall–Kier alpha value is -1.39. The Morgan fingerprint density at radius 1 is 1.35 bits per heavy atom. The minimum Gasteiger partial charge on any atom is -0.485 e. The molecule has 148 valence electrons. The first-order valence-corrected chi connectivity index (χ1v) is 12.3. The first-order chi connectivity index (χ1) is 12.0. The lowest BCUT2D eigenvalue weighted by Crippen LogP contribution is -2.34. The van der Waals surface area contributed by atoms with Crippen molar-refractivity contribution in [3.63, 3.8) is 0 Å². The number of hydrogen-bond donors (Lipinski definition) is 1. The normalized spacial score (nSPS) is 21.2. The standard InChI is InChI=1S/C16H25F3N2O4Si/c1-26(2,3)8-7-24-10-21-15(23)14(16(17,18)19)13(9-20-21)25-12-6-4-5-11(12)22/h9,11-12,22H,4-8,10H2,1-3H3. The van der Waals surface area contributed by atoms with E-state index in [0.29, 0.717) is 30.6 Å². The Morgan fingerprint density at radius 2 is 2.04 bits per heavy atom. The first kappa shape index (κ1) is 20.9. The van der Waals surface area contributed by atoms with E-state index < -0.39 is 43.3 Å². The number of rotatable bonds is 7. The van der Waals surface area contributed by atoms with Gasteiger partial charge in [0.2, 0.25) is 0 Å². The highest BCUT2D eigenvalue weighted by atomic mass is 28.3. The second-order valence-corrected chi connectivity index (χ2v) is 13.3. The molecule has 1 heterocycles. The maximum absolute atomic E-state index is 13.4. The van der Waals surface area contributed by atoms with Crippen LogP contribution in [0.5, 0.6) is 5.75 Å². The van der Waals surface area contributed by atoms with Crippen LogP contribution in [0.1, 0.15) is 24.8 Å². The SMILES string of the molecule is C[Si](C)(C)CCOCn1ncc(OC2CCCC2O)c(C(F)(F)F)c1=O. The minimum absolute atomic E-state index is 0.348. The average Bonchev–Trinajstić information content (AvgIpc) is 2.88. The number of aliphatic hydroxyl groups excluding tert-OH is 1. The van der Waals surface area contributed by atoms with E-state index >= 15 is 0 Å². The summed E-state index contributed by atoms with van der Waals surface area (Å²) in [6, 6.07) is 0.828. The van der Waals surface area contributed by atoms with Crippen LogP contribution in [-0.4, -0.2) is 41.8 Å². The first-order valence-electron chi connectivity index (χ1n) is 8.59. The van der Waals surface area contributed by atoms with Gasteiger partial charge in [-0.1, -0.05) is 19.6 Å². The molecule has 1 aliphatic carbocycles. The molecule has 10 heteroatoms. The summed E-state index contributed by atoms with van der Waals surface area (Å²) in [6.07, 6.45) is -4.08. The third-order valence-electron chi connectivity index (χ3n) is 4.20. The fourth-order valence-electron chi connectivity index (χ4n) is 2.65. The van der Waals surface area contributed by atoms with Crippen LogP contribution in [0, 0.1) is 0 Å². The van der Waals surface area contributed by atoms with Gasteiger partial charge in [0, 0.05) is 14.7 Å². The Balaban J connectivity index is 2.18. The molecule has 26 heavy (non-hydrogen) atoms. The molecule has 0 aromatic carbocycles. The molecule has 0 radical (unpaired) electrons. The van der Waals surface area contributed by atoms with E-state index in [9.17, 15) is 23.1 Å². The van der Waals surface area contributed by atoms with E-state index in [-0.39, 0.29) is 6.73 Å². The zero-order chi connectivity index (χ0) is 19.5. The number of hydrogen-bond acceptors (Lipinski definition) is 5. The molecule has 0 spiro atoms. The lowest BCUT2D eigenvalue weighted by molar-refractivity contribution is -0.141. The van der Waals surface area contributed by atoms with Gasteiger partial charge >= 0.3 is 6.18 Å². The number of aliphatic hydroxyl groups is 1. The predicted molar refractivity (Wildman–Crippen MR) is 91.9 cm³/mol. The molecule has 2 rings (SSSR count). The lowest BCUT2D eigenvalue weighted by Gasteiger charge is -2.20. The molecular weight excluding hydrogens is 369 g/mol. The second kappa shape index (κ2) is 8.09. The van der Waals surface area contributed by atoms with Crippen molar-refractivity contribution >= 4 is 8.07 Å². The summed E-state index contributed by atoms with van der Waals surface area (Å²) in [5.74, 6) is -0.646. The molecule has 2 atom stereocenters. The third-order valence-corrected chi connectivity index (χ3v) is 5.90. The fraction of sp³-hybridized carbons (Fsp3) is 0.750. The van der Waals surface area contributed by atoms with Crippen LogP contribution in [0.15, 0.2) is 11.0 Å². The van der Waals surface area contributed by atoms with Crippen molar-refractivity contribution in [3.05, 3.63) is 22.1 Å². The summed E-state index contributed by atoms with van der Waals surface area (Å²) in [5, 5.41) is 13.5. The number of halogens is 3. The average molecular weight is 394 g/mol. The number of nitrogens with zero attached hydrogens (tertiary/aromatic N) is 2. The van der Waals surface area contributed by atoms with Crippen LogP contribution in [0.3, 0.4) is 0 Å². The number of aromatic nitrogens is 2. The van der Waals surface area contributed by atoms with Crippen LogP contribution < -0.4 is 10.3 Å². The van der Waals surface area contributed by atoms with E-state index in [1.54, 1.807) is 0 Å². The van der Waals surface area contributed by atoms with Gasteiger partial charge in [-0.25, -0.2) is 4.68 Å². The van der Waals surface area contributed by atoms with Crippen molar-refractivity contribution in [1.82, 2.24) is 9.78 Å². The van der Waals surface area contributed by atoms with Gasteiger partial charge in [-0.15, -0.1) is 0 Å². The van der Waals surface area contributed by atoms with E-state index in [1.165, 1.54) is 0 Å². The quantitative estimate of drug-likeness (QED) is 0.569. The highest BCUT2D eigenvalue weighted by molar-refractivity contribution is 6.76. The minimum atomic E-state index is -4.89. The van der Waals surface area contributed by atoms with Gasteiger partial charge in [0.25, 0.3) is 5.56 Å². The summed E-state index contributed by atoms with van der Waals surface area (Å²) in [6.45, 7) is 6.45. The van der Waals surface area contributed by atoms with E-state index in [2.05, 4.69) is 24.7 Å². The zero-order valence-electron chi connectivity index (χ0n) is 15.2. The molecule has 1 N–H and O–H groups in total. The molecule has 1 saturated carbocycles. The summed E-state index contributed by atoms with van der Waals surface area (Å²) >= 11 is 0. The van der Waals surface area contributed by atoms with Crippen molar-refractivity contribution in [2.75, 3.05) is 6.61 Å². The molecule has 0 saturated heterocycles. The molecule has 1 aromatic heterocycles. The van der Waals surface area contributed by atoms with Crippen LogP contribution in [-0.2, 0) is 17.6 Å². The molecule has 0 amide bonds. The predicted octanol–water partition coefficient (Wildman–Crippen LogP) is 2.87. The monoisotopic (exact) mass is 394 g/mol. The Morgan fingerprint density at radius 3 is 2.58 bits per heavy atom. The molecule has 0 bridgehead atoms. The van der Waals surface area contributed by atoms with Crippen molar-refractivity contribution in [2.24, 2.45) is 0 Å². The van der Waals surface area contributed by atoms with E-state index in [0.717, 1.165) is 12.2 Å². The number of ether oxygens (including phenoxy) is 2. The van der Waals surface area contributed by atoms with Gasteiger partial charge in [-0.2, -0.15) is 18.3 Å². The van der Waals surface area contributed by atoms with Gasteiger partial charge in [0.05, 0.1) is 12.3 Å². The Kier molecular flexibility index (Phi) is 6.51. The van der Waals surface area contributed by atoms with Crippen LogP contribution in [0.25, 0.3) is 0 Å². The lowest BCUT2D eigenvalue weighted by atomic mass is 10.2. The molecule has 1 fully saturated rings. The fourth-order valence-corrected chi connectivity index (χ4v) is 3.41. The van der Waals surface area contributed by atoms with Gasteiger partial charge < -0.3 is 14.6 Å². The number of alkyl halides is 3. The highest BCUT2D eigenvalue weighted by Crippen LogP contribution is 2.35. The van der Waals surface area contributed by atoms with Crippen molar-refractivity contribution in [3.8, 4) is 5.75 Å². The van der Waals surface area contributed by atoms with E-state index in [4.69, 9.17) is 9.47 Å². The molecule has 1 aliphatic rings. The molecule has 6 nitrogen and oxygen atoms in total. The molecule has 1 aromatic rings. The molecule has 0 aliphatic heterocycles. The Labute approximate surface area is 150 Å². The van der Waals surface area contributed by atoms with Crippen molar-refractivity contribution in [2.45, 2.75) is 70.1 Å². The van der Waals surface area contributed by atoms with Gasteiger partial charge in [0.15, 0.2) is 11.3 Å². The van der Waals surface area contributed by atoms with E-state index in [1.807, 2.05) is 0 Å². The van der Waals surface area contributed by atoms with Crippen LogP contribution >= 0.6 is 0 Å². The third kappa shape index (κ3) is 5.55. The summed E-state index contributed by atoms with van der Waals surface area (Å²) < 4.78 is 51.4. The summed E-state index contributed by atoms with van der Waals surface area (Å²) in [5.41, 5.74) is -2.73. The summed E-state index contributed by atoms with van der Waals surface area (Å²) in [7, 11) is -1.34. The highest BCUT2D eigenvalue weighted by Gasteiger charge is 2.40. The molecule has 2 unspecified atom stereocenters. The van der Waals surface area contributed by atoms with Crippen molar-refractivity contribution in [1.29, 1.82) is 0 Å². The van der Waals surface area contributed by atoms with Crippen LogP contribution in [0.2, 0.25) is 25.7 Å². The van der Waals surface area contributed by atoms with Crippen LogP contribution in [0.4, 0.5) is 13.2 Å². The van der Waals surface area contributed by atoms with Gasteiger partial charge in [-0.3, -0.25) is 4.79 Å². The van der Waals surface area contributed by atoms with Gasteiger partial charge in [0.1, 0.15) is 12.8 Å². The molecular formula is C16H25F3N2O4Si. The Bertz CT molecular complexity index is 673. The zero-order valence-corrected chi connectivity index (χ0v) is 16.2. The smallest absolute Gasteiger partial charge is 0.425 e.